The van der Waals surface area contributed by atoms with Gasteiger partial charge in [0.25, 0.3) is 0 Å². The molecule has 0 radical (unpaired) electrons. The van der Waals surface area contributed by atoms with Gasteiger partial charge >= 0.3 is 64.1 Å². The van der Waals surface area contributed by atoms with Crippen molar-refractivity contribution >= 4 is 161 Å². The van der Waals surface area contributed by atoms with Crippen molar-refractivity contribution in [2.75, 3.05) is 26.2 Å². The fourth-order valence-corrected chi connectivity index (χ4v) is 31.8. The van der Waals surface area contributed by atoms with Gasteiger partial charge < -0.3 is 36.1 Å². The van der Waals surface area contributed by atoms with E-state index in [1.807, 2.05) is 133 Å². The second-order valence-corrected chi connectivity index (χ2v) is 44.6. The molecule has 0 spiro atoms. The van der Waals surface area contributed by atoms with Crippen LogP contribution in [0.15, 0.2) is 157 Å². The molecule has 504 valence electrons. The molecule has 12 rings (SSSR count). The number of nitrogens with zero attached hydrogens (tertiary/aromatic N) is 4. The van der Waals surface area contributed by atoms with E-state index in [-0.39, 0.29) is 62.6 Å². The Morgan fingerprint density at radius 1 is 0.426 bits per heavy atom. The summed E-state index contributed by atoms with van der Waals surface area (Å²) in [6.07, 6.45) is 13.4. The fraction of sp³-hybridized carbons (Fsp3) is 0.447. The van der Waals surface area contributed by atoms with Crippen molar-refractivity contribution in [2.45, 2.75) is 149 Å². The van der Waals surface area contributed by atoms with Gasteiger partial charge in [-0.1, -0.05) is 244 Å². The zero-order valence-corrected chi connectivity index (χ0v) is 70.6. The molecule has 6 aromatic carbocycles. The van der Waals surface area contributed by atoms with Gasteiger partial charge in [-0.15, -0.1) is 95.3 Å². The van der Waals surface area contributed by atoms with E-state index in [4.69, 9.17) is 110 Å². The molecule has 0 saturated heterocycles. The number of fused-ring (bicyclic) bond motifs is 4. The van der Waals surface area contributed by atoms with Crippen LogP contribution in [0.2, 0.25) is 57.4 Å². The van der Waals surface area contributed by atoms with Crippen LogP contribution in [0.4, 0.5) is 22.7 Å². The largest absolute Gasteiger partial charge is 4.00 e. The van der Waals surface area contributed by atoms with Crippen LogP contribution < -0.4 is 0 Å². The van der Waals surface area contributed by atoms with Gasteiger partial charge in [-0.25, -0.2) is 0 Å². The number of halogens is 10. The summed E-state index contributed by atoms with van der Waals surface area (Å²) in [6, 6.07) is 48.1. The molecule has 0 amide bonds. The maximum atomic E-state index is 6.83. The van der Waals surface area contributed by atoms with E-state index in [1.54, 1.807) is 0 Å². The van der Waals surface area contributed by atoms with Crippen molar-refractivity contribution in [3.05, 3.63) is 235 Å². The van der Waals surface area contributed by atoms with Gasteiger partial charge in [0.1, 0.15) is 0 Å². The molecule has 6 aromatic rings. The average Bonchev–Trinajstić information content (AvgIpc) is 1.57. The molecule has 18 heteroatoms. The number of rotatable bonds is 16. The second kappa shape index (κ2) is 40.1. The van der Waals surface area contributed by atoms with E-state index in [9.17, 15) is 0 Å². The Bertz CT molecular complexity index is 3000. The van der Waals surface area contributed by atoms with Crippen LogP contribution in [0.5, 0.6) is 0 Å². The molecule has 14 unspecified atom stereocenters. The number of benzene rings is 6. The topological polar surface area (TPSA) is 56.4 Å². The Morgan fingerprint density at radius 2 is 0.713 bits per heavy atom. The van der Waals surface area contributed by atoms with Crippen molar-refractivity contribution in [3.8, 4) is 0 Å². The summed E-state index contributed by atoms with van der Waals surface area (Å²) in [6.45, 7) is 23.1. The van der Waals surface area contributed by atoms with Crippen LogP contribution in [0.3, 0.4) is 0 Å². The average molecular weight is 1660 g/mol. The van der Waals surface area contributed by atoms with Crippen molar-refractivity contribution in [2.24, 2.45) is 35.5 Å². The molecule has 0 aromatic heterocycles. The van der Waals surface area contributed by atoms with Crippen LogP contribution in [0, 0.1) is 50.4 Å². The molecular formula is C76H94Cl10N4Si2Zr2. The Kier molecular flexibility index (Phi) is 35.7. The molecule has 0 N–H and O–H groups in total. The van der Waals surface area contributed by atoms with Gasteiger partial charge in [0.15, 0.2) is 0 Å². The third-order valence-electron chi connectivity index (χ3n) is 20.1. The summed E-state index contributed by atoms with van der Waals surface area (Å²) in [5.74, 6) is 4.45. The Hall–Kier alpha value is -0.900. The quantitative estimate of drug-likeness (QED) is 0.0401. The van der Waals surface area contributed by atoms with E-state index in [0.717, 1.165) is 131 Å². The van der Waals surface area contributed by atoms with Crippen molar-refractivity contribution in [1.29, 1.82) is 0 Å². The minimum atomic E-state index is -1.93. The van der Waals surface area contributed by atoms with Crippen molar-refractivity contribution in [1.82, 2.24) is 0 Å². The molecule has 6 aliphatic rings. The van der Waals surface area contributed by atoms with Crippen LogP contribution in [-0.2, 0) is 47.1 Å². The number of para-hydroxylation sites is 4. The summed E-state index contributed by atoms with van der Waals surface area (Å²) in [4.78, 5) is 0. The van der Waals surface area contributed by atoms with E-state index < -0.39 is 37.0 Å². The van der Waals surface area contributed by atoms with Crippen LogP contribution >= 0.6 is 110 Å². The smallest absolute Gasteiger partial charge is 0.684 e. The van der Waals surface area contributed by atoms with Gasteiger partial charge in [-0.2, -0.15) is 0 Å². The molecule has 0 bridgehead atoms. The summed E-state index contributed by atoms with van der Waals surface area (Å²) < 4.78 is 0. The van der Waals surface area contributed by atoms with Gasteiger partial charge in [-0.05, 0) is 145 Å². The molecule has 4 fully saturated rings. The van der Waals surface area contributed by atoms with Crippen LogP contribution in [0.25, 0.3) is 33.4 Å². The monoisotopic (exact) mass is 1650 g/mol. The molecule has 6 aliphatic carbocycles. The van der Waals surface area contributed by atoms with Gasteiger partial charge in [0, 0.05) is 52.7 Å². The molecule has 0 aliphatic heterocycles. The second-order valence-electron chi connectivity index (χ2n) is 27.0. The van der Waals surface area contributed by atoms with E-state index >= 15 is 0 Å². The first-order chi connectivity index (χ1) is 43.5. The zero-order valence-electron chi connectivity index (χ0n) is 56.1. The summed E-state index contributed by atoms with van der Waals surface area (Å²) in [5.41, 5.74) is 14.1. The minimum absolute atomic E-state index is 0. The first-order valence-corrected chi connectivity index (χ1v) is 48.2. The fourth-order valence-electron chi connectivity index (χ4n) is 17.1. The molecule has 4 nitrogen and oxygen atoms in total. The zero-order chi connectivity index (χ0) is 65.6. The Balaban J connectivity index is 0.000000226. The van der Waals surface area contributed by atoms with Crippen LogP contribution in [0.1, 0.15) is 112 Å². The Labute approximate surface area is 646 Å². The maximum absolute atomic E-state index is 6.83. The van der Waals surface area contributed by atoms with Crippen molar-refractivity contribution < 1.29 is 47.1 Å². The van der Waals surface area contributed by atoms with E-state index in [0.29, 0.717) is 33.0 Å². The number of allylic oxidation sites excluding steroid dienone is 2. The van der Waals surface area contributed by atoms with E-state index in [2.05, 4.69) is 99.4 Å². The molecular weight excluding hydrogens is 1560 g/mol. The molecule has 0 heterocycles. The number of hydrogen-bond donors (Lipinski definition) is 0. The van der Waals surface area contributed by atoms with Crippen molar-refractivity contribution in [3.63, 3.8) is 0 Å². The minimum Gasteiger partial charge on any atom is -0.684 e. The number of hydrogen-bond acceptors (Lipinski definition) is 0. The maximum Gasteiger partial charge on any atom is 4.00 e. The summed E-state index contributed by atoms with van der Waals surface area (Å²) >= 11 is 51.9. The van der Waals surface area contributed by atoms with Crippen LogP contribution in [-0.4, -0.2) is 63.8 Å². The predicted molar refractivity (Wildman–Crippen MR) is 418 cm³/mol. The first kappa shape index (κ1) is 83.8. The van der Waals surface area contributed by atoms with Gasteiger partial charge in [-0.3, -0.25) is 0 Å². The SMILES string of the molecule is CC1=Cc2c(Cl)cc(Cl)cc2C1[Si](C)(C)C1C(C)=Cc2c(Cl)cc(Cl)cc21.CC1CC2C(Cl)CC(Cl)CC2C1[Si](C)(C)C1C(C)CC2C(Cl)CC(Cl)CC21.[CH3-].[CH3-].[Cl][Zr+2][Cl].[Zr+4].c1ccc([N-]CCC[N-]c2ccccc2)cc1.c1ccc([N-]CCC[N-]c2ccccc2)cc1. The third kappa shape index (κ3) is 22.1. The number of alkyl halides is 4. The first-order valence-electron chi connectivity index (χ1n) is 32.3. The third-order valence-corrected chi connectivity index (χ3v) is 32.8. The summed E-state index contributed by atoms with van der Waals surface area (Å²) in [7, 11) is 6.41. The normalized spacial score (nSPS) is 25.8. The molecule has 94 heavy (non-hydrogen) atoms. The van der Waals surface area contributed by atoms with E-state index in [1.165, 1.54) is 48.0 Å². The van der Waals surface area contributed by atoms with Gasteiger partial charge in [0.05, 0.1) is 16.1 Å². The standard InChI is InChI=1S/C22H36Cl4Si.C22H20Cl4Si.2C15H16N2.2CH3.2ClH.2Zr/c2*1-11-5-15-17(7-13(23)9-19(15)25)21(11)27(3,4)22-12(2)6-16-18(22)8-14(24)10-20(16)26;2*1-3-8-14(9-4-1)16-12-7-13-17-15-10-5-2-6-11-15;;;;;;/h11-22H,5-10H2,1-4H3;5-10,21-22H,1-4H3;2*1-6,8-11H,7,12-13H2;2*1H3;2*1H;;/q;;2*-2;2*-1;;;2*+4/p-2. The summed E-state index contributed by atoms with van der Waals surface area (Å²) in [5, 5.41) is 21.9. The predicted octanol–water partition coefficient (Wildman–Crippen LogP) is 28.6. The Morgan fingerprint density at radius 3 is 1.00 bits per heavy atom. The molecule has 4 saturated carbocycles. The van der Waals surface area contributed by atoms with Gasteiger partial charge in [0.2, 0.25) is 0 Å². The molecule has 14 atom stereocenters.